The van der Waals surface area contributed by atoms with E-state index in [9.17, 15) is 10.1 Å². The number of methoxy groups -OCH3 is 1. The zero-order valence-electron chi connectivity index (χ0n) is 10.9. The maximum Gasteiger partial charge on any atom is 0.314 e. The molecule has 7 nitrogen and oxygen atoms in total. The molecule has 1 heterocycles. The second kappa shape index (κ2) is 5.87. The summed E-state index contributed by atoms with van der Waals surface area (Å²) < 4.78 is 4.96. The van der Waals surface area contributed by atoms with Gasteiger partial charge in [0.05, 0.1) is 12.0 Å². The van der Waals surface area contributed by atoms with Gasteiger partial charge in [-0.3, -0.25) is 10.1 Å². The van der Waals surface area contributed by atoms with Gasteiger partial charge in [-0.25, -0.2) is 4.98 Å². The number of ether oxygens (including phenoxy) is 1. The van der Waals surface area contributed by atoms with Crippen LogP contribution in [0.15, 0.2) is 36.5 Å². The lowest BCUT2D eigenvalue weighted by atomic mass is 10.2. The minimum absolute atomic E-state index is 0.117. The standard InChI is InChI=1S/C13H14N4O3/c1-20-12-6-5-9(8-16-12)7-15-11-4-2-3-10(14)13(11)17(18)19/h2-6,8,15H,7,14H2,1H3. The molecule has 1 aromatic heterocycles. The Labute approximate surface area is 115 Å². The molecule has 0 atom stereocenters. The van der Waals surface area contributed by atoms with Gasteiger partial charge in [0.2, 0.25) is 5.88 Å². The van der Waals surface area contributed by atoms with E-state index in [1.54, 1.807) is 24.4 Å². The molecule has 104 valence electrons. The Balaban J connectivity index is 2.14. The molecule has 0 radical (unpaired) electrons. The van der Waals surface area contributed by atoms with Crippen molar-refractivity contribution in [1.82, 2.24) is 4.98 Å². The van der Waals surface area contributed by atoms with Gasteiger partial charge < -0.3 is 15.8 Å². The van der Waals surface area contributed by atoms with Crippen LogP contribution >= 0.6 is 0 Å². The van der Waals surface area contributed by atoms with Crippen LogP contribution in [-0.4, -0.2) is 17.0 Å². The van der Waals surface area contributed by atoms with Crippen LogP contribution in [0.1, 0.15) is 5.56 Å². The Kier molecular flexibility index (Phi) is 3.99. The highest BCUT2D eigenvalue weighted by Gasteiger charge is 2.17. The number of pyridine rings is 1. The molecule has 0 unspecified atom stereocenters. The first-order valence-corrected chi connectivity index (χ1v) is 5.87. The highest BCUT2D eigenvalue weighted by atomic mass is 16.6. The minimum atomic E-state index is -0.496. The topological polar surface area (TPSA) is 103 Å². The zero-order valence-corrected chi connectivity index (χ0v) is 10.9. The van der Waals surface area contributed by atoms with Crippen molar-refractivity contribution < 1.29 is 9.66 Å². The predicted octanol–water partition coefficient (Wildman–Crippen LogP) is 2.19. The van der Waals surface area contributed by atoms with E-state index in [1.165, 1.54) is 13.2 Å². The Morgan fingerprint density at radius 3 is 2.80 bits per heavy atom. The highest BCUT2D eigenvalue weighted by Crippen LogP contribution is 2.30. The molecular weight excluding hydrogens is 260 g/mol. The number of rotatable bonds is 5. The second-order valence-electron chi connectivity index (χ2n) is 4.06. The lowest BCUT2D eigenvalue weighted by molar-refractivity contribution is -0.383. The van der Waals surface area contributed by atoms with Crippen molar-refractivity contribution in [3.63, 3.8) is 0 Å². The molecule has 2 rings (SSSR count). The largest absolute Gasteiger partial charge is 0.481 e. The molecule has 0 saturated carbocycles. The lowest BCUT2D eigenvalue weighted by Gasteiger charge is -2.08. The highest BCUT2D eigenvalue weighted by molar-refractivity contribution is 5.74. The molecule has 0 spiro atoms. The lowest BCUT2D eigenvalue weighted by Crippen LogP contribution is -2.05. The van der Waals surface area contributed by atoms with Crippen LogP contribution in [-0.2, 0) is 6.54 Å². The number of nitrogens with one attached hydrogen (secondary N) is 1. The monoisotopic (exact) mass is 274 g/mol. The summed E-state index contributed by atoms with van der Waals surface area (Å²) in [7, 11) is 1.54. The van der Waals surface area contributed by atoms with E-state index in [-0.39, 0.29) is 11.4 Å². The first kappa shape index (κ1) is 13.6. The van der Waals surface area contributed by atoms with Crippen LogP contribution in [0.5, 0.6) is 5.88 Å². The van der Waals surface area contributed by atoms with Crippen molar-refractivity contribution in [1.29, 1.82) is 0 Å². The normalized spacial score (nSPS) is 10.1. The quantitative estimate of drug-likeness (QED) is 0.492. The number of hydrogen-bond acceptors (Lipinski definition) is 6. The van der Waals surface area contributed by atoms with Crippen molar-refractivity contribution in [2.75, 3.05) is 18.2 Å². The first-order chi connectivity index (χ1) is 9.61. The fourth-order valence-electron chi connectivity index (χ4n) is 1.74. The first-order valence-electron chi connectivity index (χ1n) is 5.87. The Morgan fingerprint density at radius 2 is 2.20 bits per heavy atom. The van der Waals surface area contributed by atoms with Crippen molar-refractivity contribution in [3.05, 3.63) is 52.2 Å². The molecule has 0 aliphatic rings. The molecule has 2 aromatic rings. The number of nitro benzene ring substituents is 1. The van der Waals surface area contributed by atoms with E-state index >= 15 is 0 Å². The van der Waals surface area contributed by atoms with Crippen molar-refractivity contribution in [2.45, 2.75) is 6.54 Å². The van der Waals surface area contributed by atoms with Crippen LogP contribution in [0, 0.1) is 10.1 Å². The minimum Gasteiger partial charge on any atom is -0.481 e. The summed E-state index contributed by atoms with van der Waals surface area (Å²) in [5.41, 5.74) is 6.89. The predicted molar refractivity (Wildman–Crippen MR) is 75.6 cm³/mol. The number of anilines is 2. The van der Waals surface area contributed by atoms with Crippen LogP contribution in [0.3, 0.4) is 0 Å². The van der Waals surface area contributed by atoms with Gasteiger partial charge in [-0.05, 0) is 17.7 Å². The molecular formula is C13H14N4O3. The second-order valence-corrected chi connectivity index (χ2v) is 4.06. The molecule has 0 bridgehead atoms. The van der Waals surface area contributed by atoms with E-state index in [2.05, 4.69) is 10.3 Å². The Morgan fingerprint density at radius 1 is 1.40 bits per heavy atom. The van der Waals surface area contributed by atoms with Gasteiger partial charge in [0.25, 0.3) is 0 Å². The molecule has 20 heavy (non-hydrogen) atoms. The van der Waals surface area contributed by atoms with Crippen LogP contribution in [0.2, 0.25) is 0 Å². The summed E-state index contributed by atoms with van der Waals surface area (Å²) in [6.45, 7) is 0.404. The Bertz CT molecular complexity index is 614. The number of nitrogens with two attached hydrogens (primary N) is 1. The third kappa shape index (κ3) is 2.94. The molecule has 0 fully saturated rings. The van der Waals surface area contributed by atoms with Crippen molar-refractivity contribution in [2.24, 2.45) is 0 Å². The number of nitrogen functional groups attached to an aromatic ring is 1. The van der Waals surface area contributed by atoms with Crippen LogP contribution < -0.4 is 15.8 Å². The van der Waals surface area contributed by atoms with Gasteiger partial charge >= 0.3 is 5.69 Å². The molecule has 0 saturated heterocycles. The third-order valence-electron chi connectivity index (χ3n) is 2.74. The molecule has 7 heteroatoms. The fraction of sp³-hybridized carbons (Fsp3) is 0.154. The maximum atomic E-state index is 11.0. The number of para-hydroxylation sites is 1. The van der Waals surface area contributed by atoms with E-state index < -0.39 is 4.92 Å². The van der Waals surface area contributed by atoms with E-state index in [0.29, 0.717) is 18.1 Å². The molecule has 0 aliphatic heterocycles. The molecule has 1 aromatic carbocycles. The van der Waals surface area contributed by atoms with Gasteiger partial charge in [-0.1, -0.05) is 12.1 Å². The summed E-state index contributed by atoms with van der Waals surface area (Å²) >= 11 is 0. The number of aromatic nitrogens is 1. The summed E-state index contributed by atoms with van der Waals surface area (Å²) in [5.74, 6) is 0.517. The van der Waals surface area contributed by atoms with E-state index in [1.807, 2.05) is 6.07 Å². The zero-order chi connectivity index (χ0) is 14.5. The molecule has 0 amide bonds. The summed E-state index contributed by atoms with van der Waals surface area (Å²) in [4.78, 5) is 14.6. The maximum absolute atomic E-state index is 11.0. The van der Waals surface area contributed by atoms with Crippen LogP contribution in [0.4, 0.5) is 17.1 Å². The van der Waals surface area contributed by atoms with Crippen molar-refractivity contribution >= 4 is 17.1 Å². The third-order valence-corrected chi connectivity index (χ3v) is 2.74. The number of benzene rings is 1. The van der Waals surface area contributed by atoms with Crippen LogP contribution in [0.25, 0.3) is 0 Å². The van der Waals surface area contributed by atoms with E-state index in [4.69, 9.17) is 10.5 Å². The van der Waals surface area contributed by atoms with Gasteiger partial charge in [-0.15, -0.1) is 0 Å². The molecule has 0 aliphatic carbocycles. The smallest absolute Gasteiger partial charge is 0.314 e. The van der Waals surface area contributed by atoms with Gasteiger partial charge in [0, 0.05) is 18.8 Å². The van der Waals surface area contributed by atoms with Gasteiger partial charge in [0.15, 0.2) is 0 Å². The summed E-state index contributed by atoms with van der Waals surface area (Å²) in [6.07, 6.45) is 1.64. The SMILES string of the molecule is COc1ccc(CNc2cccc(N)c2[N+](=O)[O-])cn1. The fourth-order valence-corrected chi connectivity index (χ4v) is 1.74. The Hall–Kier alpha value is -2.83. The van der Waals surface area contributed by atoms with Gasteiger partial charge in [-0.2, -0.15) is 0 Å². The molecule has 3 N–H and O–H groups in total. The summed E-state index contributed by atoms with van der Waals surface area (Å²) in [5, 5.41) is 14.0. The number of hydrogen-bond donors (Lipinski definition) is 2. The van der Waals surface area contributed by atoms with Crippen molar-refractivity contribution in [3.8, 4) is 5.88 Å². The van der Waals surface area contributed by atoms with E-state index in [0.717, 1.165) is 5.56 Å². The number of nitro groups is 1. The van der Waals surface area contributed by atoms with Gasteiger partial charge in [0.1, 0.15) is 11.4 Å². The average molecular weight is 274 g/mol. The average Bonchev–Trinajstić information content (AvgIpc) is 2.45. The summed E-state index contributed by atoms with van der Waals surface area (Å²) in [6, 6.07) is 8.34. The number of nitrogens with zero attached hydrogens (tertiary/aromatic N) is 2.